The highest BCUT2D eigenvalue weighted by atomic mass is 79.9. The van der Waals surface area contributed by atoms with E-state index in [1.165, 1.54) is 31.7 Å². The first kappa shape index (κ1) is 26.0. The molecule has 2 aromatic rings. The fourth-order valence-electron chi connectivity index (χ4n) is 3.02. The average molecular weight is 521 g/mol. The number of anilines is 1. The van der Waals surface area contributed by atoms with E-state index in [2.05, 4.69) is 21.2 Å². The number of methoxy groups -OCH3 is 1. The van der Waals surface area contributed by atoms with E-state index in [-0.39, 0.29) is 11.5 Å². The monoisotopic (exact) mass is 520 g/mol. The molecule has 0 aliphatic rings. The van der Waals surface area contributed by atoms with E-state index < -0.39 is 24.2 Å². The number of hydroxylamine groups is 1. The number of phenolic OH excluding ortho intramolecular Hbond substituents is 1. The summed E-state index contributed by atoms with van der Waals surface area (Å²) in [5.41, 5.74) is 2.76. The first-order valence-corrected chi connectivity index (χ1v) is 10.7. The highest BCUT2D eigenvalue weighted by molar-refractivity contribution is 9.10. The topological polar surface area (TPSA) is 134 Å². The van der Waals surface area contributed by atoms with Crippen molar-refractivity contribution in [3.05, 3.63) is 70.2 Å². The number of ether oxygens (including phenoxy) is 2. The number of carbonyl (C=O) groups is 3. The second kappa shape index (κ2) is 12.7. The molecular formula is C23H25BrN2O7. The Morgan fingerprint density at radius 1 is 1.15 bits per heavy atom. The summed E-state index contributed by atoms with van der Waals surface area (Å²) in [7, 11) is 1.44. The third-order valence-electron chi connectivity index (χ3n) is 4.71. The van der Waals surface area contributed by atoms with Crippen LogP contribution < -0.4 is 10.8 Å². The minimum Gasteiger partial charge on any atom is -0.508 e. The molecule has 4 N–H and O–H groups in total. The standard InChI is InChI=1S/C23H25BrN2O7/c1-14(27)15-7-10-17(11-8-15)25-23(30)33-22(18-13-16(24)9-12-19(18)28)20(32-2)5-3-4-6-21(29)26-31/h4,6-13,20,22,28,31H,3,5H2,1-2H3,(H,25,30)(H,26,29)/b6-4+/t20-,22-/m0/s1. The third-order valence-corrected chi connectivity index (χ3v) is 5.20. The molecule has 0 aliphatic carbocycles. The van der Waals surface area contributed by atoms with Gasteiger partial charge in [-0.2, -0.15) is 0 Å². The fraction of sp³-hybridized carbons (Fsp3) is 0.261. The van der Waals surface area contributed by atoms with Gasteiger partial charge in [0.25, 0.3) is 5.91 Å². The van der Waals surface area contributed by atoms with Gasteiger partial charge in [-0.05, 0) is 62.2 Å². The lowest BCUT2D eigenvalue weighted by atomic mass is 9.99. The van der Waals surface area contributed by atoms with Gasteiger partial charge in [-0.25, -0.2) is 10.3 Å². The van der Waals surface area contributed by atoms with Crippen molar-refractivity contribution in [3.8, 4) is 5.75 Å². The van der Waals surface area contributed by atoms with Gasteiger partial charge in [-0.15, -0.1) is 0 Å². The lowest BCUT2D eigenvalue weighted by Gasteiger charge is -2.27. The van der Waals surface area contributed by atoms with Crippen molar-refractivity contribution >= 4 is 39.4 Å². The second-order valence-electron chi connectivity index (χ2n) is 7.02. The van der Waals surface area contributed by atoms with Crippen LogP contribution in [0, 0.1) is 0 Å². The summed E-state index contributed by atoms with van der Waals surface area (Å²) in [6, 6.07) is 11.1. The molecular weight excluding hydrogens is 496 g/mol. The van der Waals surface area contributed by atoms with Gasteiger partial charge in [0.1, 0.15) is 5.75 Å². The maximum Gasteiger partial charge on any atom is 0.412 e. The van der Waals surface area contributed by atoms with Gasteiger partial charge in [0.2, 0.25) is 0 Å². The van der Waals surface area contributed by atoms with Gasteiger partial charge in [0, 0.05) is 34.5 Å². The zero-order valence-corrected chi connectivity index (χ0v) is 19.7. The normalized spacial score (nSPS) is 12.7. The fourth-order valence-corrected chi connectivity index (χ4v) is 3.40. The number of rotatable bonds is 10. The SMILES string of the molecule is CO[C@@H](CC/C=C/C(=O)NO)[C@@H](OC(=O)Nc1ccc(C(C)=O)cc1)c1cc(Br)ccc1O. The van der Waals surface area contributed by atoms with Crippen LogP contribution in [0.3, 0.4) is 0 Å². The largest absolute Gasteiger partial charge is 0.508 e. The highest BCUT2D eigenvalue weighted by Gasteiger charge is 2.29. The van der Waals surface area contributed by atoms with Crippen LogP contribution in [-0.2, 0) is 14.3 Å². The Hall–Kier alpha value is -3.21. The molecule has 33 heavy (non-hydrogen) atoms. The van der Waals surface area contributed by atoms with E-state index in [0.29, 0.717) is 34.1 Å². The van der Waals surface area contributed by atoms with Crippen LogP contribution in [0.5, 0.6) is 5.75 Å². The van der Waals surface area contributed by atoms with Gasteiger partial charge in [0.05, 0.1) is 6.10 Å². The molecule has 0 bridgehead atoms. The summed E-state index contributed by atoms with van der Waals surface area (Å²) in [6.45, 7) is 1.45. The third kappa shape index (κ3) is 8.01. The lowest BCUT2D eigenvalue weighted by molar-refractivity contribution is -0.124. The Labute approximate surface area is 199 Å². The number of benzene rings is 2. The molecule has 0 fully saturated rings. The van der Waals surface area contributed by atoms with Crippen LogP contribution in [0.4, 0.5) is 10.5 Å². The van der Waals surface area contributed by atoms with Crippen molar-refractivity contribution < 1.29 is 34.2 Å². The number of allylic oxidation sites excluding steroid dienone is 1. The smallest absolute Gasteiger partial charge is 0.412 e. The number of nitrogens with one attached hydrogen (secondary N) is 2. The van der Waals surface area contributed by atoms with Crippen LogP contribution in [-0.4, -0.2) is 41.3 Å². The second-order valence-corrected chi connectivity index (χ2v) is 7.93. The summed E-state index contributed by atoms with van der Waals surface area (Å²) in [4.78, 5) is 35.2. The van der Waals surface area contributed by atoms with Crippen LogP contribution in [0.2, 0.25) is 0 Å². The maximum absolute atomic E-state index is 12.6. The van der Waals surface area contributed by atoms with Crippen molar-refractivity contribution in [2.75, 3.05) is 12.4 Å². The Bertz CT molecular complexity index is 1010. The zero-order chi connectivity index (χ0) is 24.4. The summed E-state index contributed by atoms with van der Waals surface area (Å²) in [5.74, 6) is -0.849. The van der Waals surface area contributed by atoms with Crippen LogP contribution in [0.1, 0.15) is 41.8 Å². The number of Topliss-reactive ketones (excluding diaryl/α,β-unsaturated/α-hetero) is 1. The van der Waals surface area contributed by atoms with Crippen LogP contribution in [0.15, 0.2) is 59.1 Å². The Morgan fingerprint density at radius 2 is 1.85 bits per heavy atom. The maximum atomic E-state index is 12.6. The molecule has 0 saturated heterocycles. The van der Waals surface area contributed by atoms with E-state index >= 15 is 0 Å². The number of carbonyl (C=O) groups excluding carboxylic acids is 3. The van der Waals surface area contributed by atoms with Crippen molar-refractivity contribution in [1.29, 1.82) is 0 Å². The molecule has 2 atom stereocenters. The quantitative estimate of drug-likeness (QED) is 0.157. The van der Waals surface area contributed by atoms with Crippen LogP contribution in [0.25, 0.3) is 0 Å². The van der Waals surface area contributed by atoms with Gasteiger partial charge < -0.3 is 14.6 Å². The average Bonchev–Trinajstić information content (AvgIpc) is 2.79. The Morgan fingerprint density at radius 3 is 2.45 bits per heavy atom. The number of phenols is 1. The molecule has 2 amide bonds. The molecule has 0 unspecified atom stereocenters. The summed E-state index contributed by atoms with van der Waals surface area (Å²) >= 11 is 3.35. The number of ketones is 1. The molecule has 0 saturated carbocycles. The van der Waals surface area contributed by atoms with Crippen molar-refractivity contribution in [2.24, 2.45) is 0 Å². The molecule has 0 spiro atoms. The summed E-state index contributed by atoms with van der Waals surface area (Å²) in [5, 5.41) is 21.5. The van der Waals surface area contributed by atoms with Gasteiger partial charge >= 0.3 is 6.09 Å². The molecule has 2 rings (SSSR count). The summed E-state index contributed by atoms with van der Waals surface area (Å²) < 4.78 is 11.8. The Kier molecular flexibility index (Phi) is 10.0. The van der Waals surface area contributed by atoms with Crippen molar-refractivity contribution in [1.82, 2.24) is 5.48 Å². The van der Waals surface area contributed by atoms with Gasteiger partial charge in [-0.1, -0.05) is 22.0 Å². The Balaban J connectivity index is 2.21. The van der Waals surface area contributed by atoms with E-state index in [1.807, 2.05) is 0 Å². The van der Waals surface area contributed by atoms with E-state index in [9.17, 15) is 19.5 Å². The van der Waals surface area contributed by atoms with Gasteiger partial charge in [0.15, 0.2) is 11.9 Å². The van der Waals surface area contributed by atoms with Crippen LogP contribution >= 0.6 is 15.9 Å². The number of hydrogen-bond acceptors (Lipinski definition) is 7. The van der Waals surface area contributed by atoms with E-state index in [0.717, 1.165) is 6.08 Å². The minimum atomic E-state index is -0.982. The first-order valence-electron chi connectivity index (χ1n) is 9.95. The van der Waals surface area contributed by atoms with E-state index in [4.69, 9.17) is 14.7 Å². The van der Waals surface area contributed by atoms with Crippen molar-refractivity contribution in [3.63, 3.8) is 0 Å². The molecule has 0 heterocycles. The number of hydrogen-bond donors (Lipinski definition) is 4. The number of aromatic hydroxyl groups is 1. The lowest BCUT2D eigenvalue weighted by Crippen LogP contribution is -2.28. The van der Waals surface area contributed by atoms with Gasteiger partial charge in [-0.3, -0.25) is 20.1 Å². The number of halogens is 1. The predicted molar refractivity (Wildman–Crippen MR) is 124 cm³/mol. The molecule has 176 valence electrons. The summed E-state index contributed by atoms with van der Waals surface area (Å²) in [6.07, 6.45) is 0.967. The van der Waals surface area contributed by atoms with E-state index in [1.54, 1.807) is 36.4 Å². The highest BCUT2D eigenvalue weighted by Crippen LogP contribution is 2.35. The molecule has 0 radical (unpaired) electrons. The molecule has 0 aliphatic heterocycles. The molecule has 9 nitrogen and oxygen atoms in total. The number of amides is 2. The molecule has 2 aromatic carbocycles. The zero-order valence-electron chi connectivity index (χ0n) is 18.1. The molecule has 10 heteroatoms. The first-order chi connectivity index (χ1) is 15.7. The van der Waals surface area contributed by atoms with Crippen molar-refractivity contribution in [2.45, 2.75) is 32.0 Å². The predicted octanol–water partition coefficient (Wildman–Crippen LogP) is 4.50. The molecule has 0 aromatic heterocycles. The minimum absolute atomic E-state index is 0.0842.